The first kappa shape index (κ1) is 9.75. The first-order valence-electron chi connectivity index (χ1n) is 2.92. The Balaban J connectivity index is 2.95. The van der Waals surface area contributed by atoms with Crippen molar-refractivity contribution < 1.29 is 0 Å². The summed E-state index contributed by atoms with van der Waals surface area (Å²) >= 11 is 3.92. The van der Waals surface area contributed by atoms with Crippen molar-refractivity contribution in [2.75, 3.05) is 0 Å². The van der Waals surface area contributed by atoms with Gasteiger partial charge in [0.15, 0.2) is 0 Å². The van der Waals surface area contributed by atoms with Crippen molar-refractivity contribution >= 4 is 45.2 Å². The molecular formula is C8H2I2N2. The van der Waals surface area contributed by atoms with E-state index in [0.29, 0.717) is 11.4 Å². The zero-order valence-corrected chi connectivity index (χ0v) is 10.1. The van der Waals surface area contributed by atoms with Crippen molar-refractivity contribution in [3.8, 4) is 19.7 Å². The minimum atomic E-state index is 0.670. The van der Waals surface area contributed by atoms with Gasteiger partial charge in [0, 0.05) is 45.2 Å². The molecule has 58 valence electrons. The van der Waals surface area contributed by atoms with E-state index >= 15 is 0 Å². The maximum atomic E-state index is 4.04. The highest BCUT2D eigenvalue weighted by Gasteiger charge is 1.89. The van der Waals surface area contributed by atoms with Crippen LogP contribution >= 0.6 is 45.2 Å². The van der Waals surface area contributed by atoms with Gasteiger partial charge in [0.1, 0.15) is 11.4 Å². The molecule has 12 heavy (non-hydrogen) atoms. The lowest BCUT2D eigenvalue weighted by Gasteiger charge is -1.88. The first-order valence-corrected chi connectivity index (χ1v) is 5.08. The number of hydrogen-bond acceptors (Lipinski definition) is 2. The maximum absolute atomic E-state index is 4.04. The average Bonchev–Trinajstić information content (AvgIpc) is 2.09. The second-order valence-corrected chi connectivity index (χ2v) is 2.80. The lowest BCUT2D eigenvalue weighted by molar-refractivity contribution is 1.15. The van der Waals surface area contributed by atoms with E-state index in [1.807, 2.05) is 45.2 Å². The van der Waals surface area contributed by atoms with Gasteiger partial charge in [0.2, 0.25) is 0 Å². The van der Waals surface area contributed by atoms with Crippen LogP contribution in [0.5, 0.6) is 0 Å². The summed E-state index contributed by atoms with van der Waals surface area (Å²) in [6, 6.07) is 0. The molecule has 2 nitrogen and oxygen atoms in total. The second-order valence-electron chi connectivity index (χ2n) is 1.73. The van der Waals surface area contributed by atoms with E-state index in [4.69, 9.17) is 0 Å². The van der Waals surface area contributed by atoms with Gasteiger partial charge in [-0.1, -0.05) is 0 Å². The smallest absolute Gasteiger partial charge is 0.132 e. The summed E-state index contributed by atoms with van der Waals surface area (Å²) in [7, 11) is 0. The van der Waals surface area contributed by atoms with E-state index in [1.165, 1.54) is 0 Å². The van der Waals surface area contributed by atoms with Crippen molar-refractivity contribution in [2.45, 2.75) is 0 Å². The molecule has 0 N–H and O–H groups in total. The Bertz CT molecular complexity index is 336. The highest BCUT2D eigenvalue weighted by atomic mass is 127. The van der Waals surface area contributed by atoms with E-state index < -0.39 is 0 Å². The molecule has 0 aliphatic rings. The van der Waals surface area contributed by atoms with Crippen LogP contribution < -0.4 is 0 Å². The molecule has 0 fully saturated rings. The molecule has 0 spiro atoms. The molecule has 1 rings (SSSR count). The van der Waals surface area contributed by atoms with Gasteiger partial charge in [-0.3, -0.25) is 0 Å². The molecule has 0 saturated carbocycles. The summed E-state index contributed by atoms with van der Waals surface area (Å²) in [5, 5.41) is 0. The fourth-order valence-electron chi connectivity index (χ4n) is 0.554. The minimum absolute atomic E-state index is 0.670. The van der Waals surface area contributed by atoms with Crippen LogP contribution in [0.2, 0.25) is 0 Å². The number of nitrogens with zero attached hydrogens (tertiary/aromatic N) is 2. The molecule has 1 aromatic heterocycles. The highest BCUT2D eigenvalue weighted by Crippen LogP contribution is 1.93. The summed E-state index contributed by atoms with van der Waals surface area (Å²) < 4.78 is 5.43. The molecule has 0 amide bonds. The standard InChI is InChI=1S/C8H2I2N2/c9-3-1-7-5-12-8(2-4-10)6-11-7/h5-6H. The summed E-state index contributed by atoms with van der Waals surface area (Å²) in [6.07, 6.45) is 3.23. The molecule has 1 heterocycles. The predicted molar refractivity (Wildman–Crippen MR) is 63.8 cm³/mol. The van der Waals surface area contributed by atoms with Gasteiger partial charge in [0.25, 0.3) is 0 Å². The van der Waals surface area contributed by atoms with Crippen LogP contribution in [0.1, 0.15) is 11.4 Å². The van der Waals surface area contributed by atoms with E-state index in [9.17, 15) is 0 Å². The van der Waals surface area contributed by atoms with Gasteiger partial charge in [0.05, 0.1) is 12.4 Å². The van der Waals surface area contributed by atoms with Gasteiger partial charge in [-0.15, -0.1) is 0 Å². The van der Waals surface area contributed by atoms with Gasteiger partial charge < -0.3 is 0 Å². The van der Waals surface area contributed by atoms with E-state index in [0.717, 1.165) is 0 Å². The number of hydrogen-bond donors (Lipinski definition) is 0. The summed E-state index contributed by atoms with van der Waals surface area (Å²) in [5.74, 6) is 5.58. The number of halogens is 2. The topological polar surface area (TPSA) is 25.8 Å². The molecule has 0 atom stereocenters. The maximum Gasteiger partial charge on any atom is 0.132 e. The van der Waals surface area contributed by atoms with Gasteiger partial charge in [-0.05, 0) is 19.7 Å². The molecule has 0 bridgehead atoms. The summed E-state index contributed by atoms with van der Waals surface area (Å²) in [4.78, 5) is 8.08. The van der Waals surface area contributed by atoms with Crippen LogP contribution in [0.3, 0.4) is 0 Å². The average molecular weight is 380 g/mol. The molecule has 0 unspecified atom stereocenters. The van der Waals surface area contributed by atoms with E-state index in [-0.39, 0.29) is 0 Å². The SMILES string of the molecule is IC#Cc1cnc(C#CI)cn1. The predicted octanol–water partition coefficient (Wildman–Crippen LogP) is 1.96. The molecule has 0 aliphatic carbocycles. The molecule has 0 radical (unpaired) electrons. The van der Waals surface area contributed by atoms with Crippen LogP contribution in [0, 0.1) is 19.7 Å². The number of aromatic nitrogens is 2. The molecular weight excluding hydrogens is 378 g/mol. The van der Waals surface area contributed by atoms with Crippen LogP contribution in [0.15, 0.2) is 12.4 Å². The molecule has 0 aromatic carbocycles. The zero-order valence-electron chi connectivity index (χ0n) is 5.81. The Morgan fingerprint density at radius 2 is 1.33 bits per heavy atom. The molecule has 1 aromatic rings. The van der Waals surface area contributed by atoms with Crippen molar-refractivity contribution in [2.24, 2.45) is 0 Å². The molecule has 0 saturated heterocycles. The third-order valence-corrected chi connectivity index (χ3v) is 1.54. The Hall–Kier alpha value is -0.340. The fraction of sp³-hybridized carbons (Fsp3) is 0. The Labute approximate surface area is 97.9 Å². The summed E-state index contributed by atoms with van der Waals surface area (Å²) in [5.41, 5.74) is 1.34. The lowest BCUT2D eigenvalue weighted by Crippen LogP contribution is -1.87. The Morgan fingerprint density at radius 1 is 0.917 bits per heavy atom. The zero-order chi connectivity index (χ0) is 8.81. The normalized spacial score (nSPS) is 7.50. The van der Waals surface area contributed by atoms with Crippen LogP contribution in [0.25, 0.3) is 0 Å². The monoisotopic (exact) mass is 380 g/mol. The Morgan fingerprint density at radius 3 is 1.58 bits per heavy atom. The van der Waals surface area contributed by atoms with Crippen LogP contribution in [-0.2, 0) is 0 Å². The third kappa shape index (κ3) is 2.95. The quantitative estimate of drug-likeness (QED) is 0.508. The molecule has 4 heteroatoms. The Kier molecular flexibility index (Phi) is 4.33. The van der Waals surface area contributed by atoms with Crippen molar-refractivity contribution in [1.82, 2.24) is 9.97 Å². The van der Waals surface area contributed by atoms with Gasteiger partial charge in [-0.25, -0.2) is 9.97 Å². The summed E-state index contributed by atoms with van der Waals surface area (Å²) in [6.45, 7) is 0. The second kappa shape index (κ2) is 5.33. The van der Waals surface area contributed by atoms with E-state index in [1.54, 1.807) is 12.4 Å². The minimum Gasteiger partial charge on any atom is -0.243 e. The van der Waals surface area contributed by atoms with Crippen molar-refractivity contribution in [3.63, 3.8) is 0 Å². The van der Waals surface area contributed by atoms with Crippen molar-refractivity contribution in [3.05, 3.63) is 23.8 Å². The fourth-order valence-corrected chi connectivity index (χ4v) is 1.11. The van der Waals surface area contributed by atoms with Crippen LogP contribution in [0.4, 0.5) is 0 Å². The lowest BCUT2D eigenvalue weighted by atomic mass is 10.4. The molecule has 0 aliphatic heterocycles. The van der Waals surface area contributed by atoms with E-state index in [2.05, 4.69) is 29.7 Å². The third-order valence-electron chi connectivity index (χ3n) is 1.00. The van der Waals surface area contributed by atoms with Gasteiger partial charge >= 0.3 is 0 Å². The largest absolute Gasteiger partial charge is 0.243 e. The van der Waals surface area contributed by atoms with Gasteiger partial charge in [-0.2, -0.15) is 0 Å². The highest BCUT2D eigenvalue weighted by molar-refractivity contribution is 14.1. The van der Waals surface area contributed by atoms with Crippen LogP contribution in [-0.4, -0.2) is 9.97 Å². The van der Waals surface area contributed by atoms with Crippen molar-refractivity contribution in [1.29, 1.82) is 0 Å². The first-order chi connectivity index (χ1) is 5.86. The number of rotatable bonds is 0.